The fourth-order valence-electron chi connectivity index (χ4n) is 2.98. The number of aromatic nitrogens is 1. The molecule has 0 spiro atoms. The first-order valence-corrected chi connectivity index (χ1v) is 8.10. The van der Waals surface area contributed by atoms with Gasteiger partial charge in [-0.1, -0.05) is 28.9 Å². The number of aliphatic hydroxyl groups excluding tert-OH is 1. The van der Waals surface area contributed by atoms with Gasteiger partial charge in [0.2, 0.25) is 0 Å². The number of aryl methyl sites for hydroxylation is 1. The number of benzene rings is 1. The van der Waals surface area contributed by atoms with Crippen molar-refractivity contribution >= 4 is 23.2 Å². The molecule has 3 rings (SSSR count). The quantitative estimate of drug-likeness (QED) is 0.835. The highest BCUT2D eigenvalue weighted by Crippen LogP contribution is 2.42. The Morgan fingerprint density at radius 2 is 2.05 bits per heavy atom. The van der Waals surface area contributed by atoms with E-state index in [9.17, 15) is 5.11 Å². The number of fused-ring (bicyclic) bond motifs is 1. The molecule has 1 aromatic carbocycles. The molecule has 0 amide bonds. The minimum atomic E-state index is -0.533. The third kappa shape index (κ3) is 2.96. The van der Waals surface area contributed by atoms with Crippen LogP contribution in [0, 0.1) is 5.92 Å². The zero-order valence-corrected chi connectivity index (χ0v) is 13.1. The zero-order chi connectivity index (χ0) is 14.8. The number of nitrogens with zero attached hydrogens (tertiary/aromatic N) is 1. The van der Waals surface area contributed by atoms with Crippen LogP contribution in [-0.2, 0) is 6.42 Å². The monoisotopic (exact) mass is 325 g/mol. The topological polar surface area (TPSA) is 46.3 Å². The lowest BCUT2D eigenvalue weighted by Gasteiger charge is -2.27. The Kier molecular flexibility index (Phi) is 4.53. The van der Waals surface area contributed by atoms with Crippen molar-refractivity contribution in [2.45, 2.75) is 31.8 Å². The maximum atomic E-state index is 10.7. The van der Waals surface area contributed by atoms with Crippen molar-refractivity contribution < 1.29 is 9.63 Å². The van der Waals surface area contributed by atoms with Gasteiger partial charge in [-0.25, -0.2) is 0 Å². The van der Waals surface area contributed by atoms with Gasteiger partial charge in [-0.3, -0.25) is 0 Å². The Hall–Kier alpha value is -1.03. The molecule has 2 atom stereocenters. The highest BCUT2D eigenvalue weighted by atomic mass is 35.5. The van der Waals surface area contributed by atoms with E-state index < -0.39 is 6.10 Å². The van der Waals surface area contributed by atoms with Gasteiger partial charge < -0.3 is 9.63 Å². The van der Waals surface area contributed by atoms with Crippen LogP contribution in [0.3, 0.4) is 0 Å². The molecule has 0 radical (unpaired) electrons. The Morgan fingerprint density at radius 3 is 2.76 bits per heavy atom. The first-order valence-electron chi connectivity index (χ1n) is 7.19. The second-order valence-electron chi connectivity index (χ2n) is 5.45. The molecule has 1 heterocycles. The fourth-order valence-corrected chi connectivity index (χ4v) is 3.26. The Bertz CT molecular complexity index is 609. The summed E-state index contributed by atoms with van der Waals surface area (Å²) in [6.07, 6.45) is 3.05. The average Bonchev–Trinajstić information content (AvgIpc) is 2.92. The van der Waals surface area contributed by atoms with Crippen molar-refractivity contribution in [3.8, 4) is 11.3 Å². The summed E-state index contributed by atoms with van der Waals surface area (Å²) in [5.41, 5.74) is 2.48. The second kappa shape index (κ2) is 6.39. The summed E-state index contributed by atoms with van der Waals surface area (Å²) in [4.78, 5) is 0. The van der Waals surface area contributed by atoms with Gasteiger partial charge >= 0.3 is 0 Å². The largest absolute Gasteiger partial charge is 0.388 e. The van der Waals surface area contributed by atoms with Gasteiger partial charge in [-0.2, -0.15) is 0 Å². The number of rotatable bonds is 4. The van der Waals surface area contributed by atoms with Crippen LogP contribution in [0.25, 0.3) is 11.3 Å². The molecule has 5 heteroatoms. The average molecular weight is 326 g/mol. The van der Waals surface area contributed by atoms with Crippen LogP contribution in [0.15, 0.2) is 28.8 Å². The van der Waals surface area contributed by atoms with E-state index in [4.69, 9.17) is 27.7 Å². The van der Waals surface area contributed by atoms with Crippen molar-refractivity contribution in [2.24, 2.45) is 5.92 Å². The summed E-state index contributed by atoms with van der Waals surface area (Å²) in [5, 5.41) is 15.5. The smallest absolute Gasteiger partial charge is 0.143 e. The number of hydrogen-bond donors (Lipinski definition) is 1. The van der Waals surface area contributed by atoms with Crippen LogP contribution in [0.2, 0.25) is 5.02 Å². The standard InChI is InChI=1S/C16H17Cl2NO2/c17-9-1-2-11-5-8-13-14(16(11)20)15(19-21-13)10-3-6-12(18)7-4-10/h3-4,6-7,11,16,20H,1-2,5,8-9H2. The summed E-state index contributed by atoms with van der Waals surface area (Å²) < 4.78 is 5.43. The van der Waals surface area contributed by atoms with Crippen LogP contribution in [0.5, 0.6) is 0 Å². The van der Waals surface area contributed by atoms with E-state index in [0.717, 1.165) is 48.3 Å². The normalized spacial score (nSPS) is 21.3. The Labute approximate surface area is 133 Å². The maximum Gasteiger partial charge on any atom is 0.143 e. The van der Waals surface area contributed by atoms with Gasteiger partial charge in [0.1, 0.15) is 11.5 Å². The molecular weight excluding hydrogens is 309 g/mol. The zero-order valence-electron chi connectivity index (χ0n) is 11.6. The van der Waals surface area contributed by atoms with E-state index in [2.05, 4.69) is 5.16 Å². The van der Waals surface area contributed by atoms with Crippen LogP contribution in [0.4, 0.5) is 0 Å². The number of halogens is 2. The van der Waals surface area contributed by atoms with Crippen molar-refractivity contribution in [2.75, 3.05) is 5.88 Å². The van der Waals surface area contributed by atoms with Gasteiger partial charge in [0.15, 0.2) is 0 Å². The molecule has 1 aliphatic rings. The molecule has 3 nitrogen and oxygen atoms in total. The predicted molar refractivity (Wildman–Crippen MR) is 83.7 cm³/mol. The molecule has 21 heavy (non-hydrogen) atoms. The molecule has 1 aromatic heterocycles. The number of alkyl halides is 1. The third-order valence-corrected chi connectivity index (χ3v) is 4.63. The minimum absolute atomic E-state index is 0.224. The van der Waals surface area contributed by atoms with Gasteiger partial charge in [0.05, 0.1) is 11.7 Å². The summed E-state index contributed by atoms with van der Waals surface area (Å²) in [7, 11) is 0. The van der Waals surface area contributed by atoms with Gasteiger partial charge in [-0.15, -0.1) is 11.6 Å². The molecule has 112 valence electrons. The van der Waals surface area contributed by atoms with Crippen LogP contribution < -0.4 is 0 Å². The van der Waals surface area contributed by atoms with Crippen LogP contribution in [0.1, 0.15) is 36.7 Å². The molecule has 2 unspecified atom stereocenters. The SMILES string of the molecule is OC1c2c(-c3ccc(Cl)cc3)noc2CCC1CCCCl. The summed E-state index contributed by atoms with van der Waals surface area (Å²) in [6.45, 7) is 0. The van der Waals surface area contributed by atoms with Gasteiger partial charge in [0, 0.05) is 22.9 Å². The third-order valence-electron chi connectivity index (χ3n) is 4.11. The molecule has 0 saturated heterocycles. The van der Waals surface area contributed by atoms with E-state index in [1.807, 2.05) is 24.3 Å². The summed E-state index contributed by atoms with van der Waals surface area (Å²) in [6, 6.07) is 7.43. The highest BCUT2D eigenvalue weighted by Gasteiger charge is 2.33. The van der Waals surface area contributed by atoms with Crippen LogP contribution >= 0.6 is 23.2 Å². The van der Waals surface area contributed by atoms with Crippen molar-refractivity contribution in [3.63, 3.8) is 0 Å². The molecule has 0 aliphatic heterocycles. The van der Waals surface area contributed by atoms with Crippen LogP contribution in [-0.4, -0.2) is 16.1 Å². The first kappa shape index (κ1) is 14.9. The molecule has 1 N–H and O–H groups in total. The van der Waals surface area contributed by atoms with E-state index in [0.29, 0.717) is 10.9 Å². The molecule has 0 fully saturated rings. The van der Waals surface area contributed by atoms with E-state index in [1.54, 1.807) is 0 Å². The highest BCUT2D eigenvalue weighted by molar-refractivity contribution is 6.30. The van der Waals surface area contributed by atoms with E-state index in [-0.39, 0.29) is 5.92 Å². The summed E-state index contributed by atoms with van der Waals surface area (Å²) >= 11 is 11.7. The molecule has 0 saturated carbocycles. The molecule has 2 aromatic rings. The van der Waals surface area contributed by atoms with Gasteiger partial charge in [-0.05, 0) is 37.3 Å². The lowest BCUT2D eigenvalue weighted by atomic mass is 9.81. The second-order valence-corrected chi connectivity index (χ2v) is 6.26. The molecule has 0 bridgehead atoms. The van der Waals surface area contributed by atoms with Crippen molar-refractivity contribution in [1.82, 2.24) is 5.16 Å². The lowest BCUT2D eigenvalue weighted by molar-refractivity contribution is 0.0845. The fraction of sp³-hybridized carbons (Fsp3) is 0.438. The van der Waals surface area contributed by atoms with Crippen molar-refractivity contribution in [3.05, 3.63) is 40.6 Å². The maximum absolute atomic E-state index is 10.7. The minimum Gasteiger partial charge on any atom is -0.388 e. The number of hydrogen-bond acceptors (Lipinski definition) is 3. The number of aliphatic hydroxyl groups is 1. The Balaban J connectivity index is 1.92. The van der Waals surface area contributed by atoms with E-state index in [1.165, 1.54) is 0 Å². The molecule has 1 aliphatic carbocycles. The van der Waals surface area contributed by atoms with Gasteiger partial charge in [0.25, 0.3) is 0 Å². The molecular formula is C16H17Cl2NO2. The summed E-state index contributed by atoms with van der Waals surface area (Å²) in [5.74, 6) is 1.65. The predicted octanol–water partition coefficient (Wildman–Crippen LogP) is 4.61. The van der Waals surface area contributed by atoms with E-state index >= 15 is 0 Å². The Morgan fingerprint density at radius 1 is 1.29 bits per heavy atom. The first-order chi connectivity index (χ1) is 10.2. The lowest BCUT2D eigenvalue weighted by Crippen LogP contribution is -2.20. The van der Waals surface area contributed by atoms with Crippen molar-refractivity contribution in [1.29, 1.82) is 0 Å².